The van der Waals surface area contributed by atoms with E-state index in [0.29, 0.717) is 17.0 Å². The first kappa shape index (κ1) is 12.0. The minimum atomic E-state index is -0.0515. The zero-order chi connectivity index (χ0) is 12.3. The van der Waals surface area contributed by atoms with Gasteiger partial charge in [0.25, 0.3) is 0 Å². The molecule has 0 spiro atoms. The SMILES string of the molecule is N#Cc1ccsc1NC(=O)CCN1CC(N)C1. The lowest BCUT2D eigenvalue weighted by Gasteiger charge is -2.36. The minimum absolute atomic E-state index is 0.0515. The van der Waals surface area contributed by atoms with E-state index in [1.54, 1.807) is 11.4 Å². The Hall–Kier alpha value is -1.42. The van der Waals surface area contributed by atoms with Gasteiger partial charge in [0, 0.05) is 32.1 Å². The van der Waals surface area contributed by atoms with Gasteiger partial charge >= 0.3 is 0 Å². The van der Waals surface area contributed by atoms with Gasteiger partial charge in [-0.3, -0.25) is 9.69 Å². The highest BCUT2D eigenvalue weighted by molar-refractivity contribution is 7.14. The first-order valence-electron chi connectivity index (χ1n) is 5.44. The fraction of sp³-hybridized carbons (Fsp3) is 0.455. The van der Waals surface area contributed by atoms with Crippen LogP contribution in [-0.4, -0.2) is 36.5 Å². The Balaban J connectivity index is 1.76. The Kier molecular flexibility index (Phi) is 3.74. The van der Waals surface area contributed by atoms with E-state index in [1.807, 2.05) is 6.07 Å². The van der Waals surface area contributed by atoms with Crippen LogP contribution in [-0.2, 0) is 4.79 Å². The first-order valence-corrected chi connectivity index (χ1v) is 6.32. The van der Waals surface area contributed by atoms with E-state index >= 15 is 0 Å². The van der Waals surface area contributed by atoms with Crippen molar-refractivity contribution in [3.8, 4) is 6.07 Å². The Morgan fingerprint density at radius 2 is 2.47 bits per heavy atom. The van der Waals surface area contributed by atoms with Crippen molar-refractivity contribution in [2.75, 3.05) is 25.0 Å². The van der Waals surface area contributed by atoms with E-state index in [4.69, 9.17) is 11.0 Å². The fourth-order valence-corrected chi connectivity index (χ4v) is 2.49. The van der Waals surface area contributed by atoms with Crippen molar-refractivity contribution in [1.82, 2.24) is 4.90 Å². The van der Waals surface area contributed by atoms with E-state index < -0.39 is 0 Å². The molecule has 0 atom stereocenters. The van der Waals surface area contributed by atoms with Gasteiger partial charge in [0.1, 0.15) is 11.1 Å². The number of thiophene rings is 1. The average Bonchev–Trinajstić information content (AvgIpc) is 2.70. The van der Waals surface area contributed by atoms with Crippen molar-refractivity contribution in [2.45, 2.75) is 12.5 Å². The lowest BCUT2D eigenvalue weighted by molar-refractivity contribution is -0.116. The highest BCUT2D eigenvalue weighted by Crippen LogP contribution is 2.22. The Morgan fingerprint density at radius 3 is 3.12 bits per heavy atom. The topological polar surface area (TPSA) is 82.2 Å². The highest BCUT2D eigenvalue weighted by Gasteiger charge is 2.22. The van der Waals surface area contributed by atoms with Crippen LogP contribution in [0.25, 0.3) is 0 Å². The Bertz CT molecular complexity index is 445. The third-order valence-corrected chi connectivity index (χ3v) is 3.51. The summed E-state index contributed by atoms with van der Waals surface area (Å²) in [6.07, 6.45) is 0.440. The summed E-state index contributed by atoms with van der Waals surface area (Å²) in [7, 11) is 0. The molecule has 2 rings (SSSR count). The molecule has 6 heteroatoms. The van der Waals surface area contributed by atoms with E-state index in [0.717, 1.165) is 19.6 Å². The molecular weight excluding hydrogens is 236 g/mol. The molecule has 0 bridgehead atoms. The summed E-state index contributed by atoms with van der Waals surface area (Å²) in [6, 6.07) is 4.01. The molecule has 1 fully saturated rings. The molecule has 1 aromatic rings. The molecular formula is C11H14N4OS. The molecule has 1 aromatic heterocycles. The number of rotatable bonds is 4. The minimum Gasteiger partial charge on any atom is -0.325 e. The van der Waals surface area contributed by atoms with Gasteiger partial charge in [0.15, 0.2) is 0 Å². The predicted octanol–water partition coefficient (Wildman–Crippen LogP) is 0.591. The molecule has 1 aliphatic rings. The van der Waals surface area contributed by atoms with Gasteiger partial charge in [0.05, 0.1) is 5.56 Å². The summed E-state index contributed by atoms with van der Waals surface area (Å²) < 4.78 is 0. The molecule has 0 saturated carbocycles. The number of carbonyl (C=O) groups excluding carboxylic acids is 1. The van der Waals surface area contributed by atoms with Crippen molar-refractivity contribution < 1.29 is 4.79 Å². The number of nitrogens with one attached hydrogen (secondary N) is 1. The number of carbonyl (C=O) groups is 1. The number of likely N-dealkylation sites (tertiary alicyclic amines) is 1. The number of nitriles is 1. The number of hydrogen-bond donors (Lipinski definition) is 2. The number of amides is 1. The smallest absolute Gasteiger partial charge is 0.226 e. The molecule has 3 N–H and O–H groups in total. The van der Waals surface area contributed by atoms with Gasteiger partial charge in [-0.1, -0.05) is 0 Å². The van der Waals surface area contributed by atoms with E-state index in [1.165, 1.54) is 11.3 Å². The number of nitrogens with zero attached hydrogens (tertiary/aromatic N) is 2. The van der Waals surface area contributed by atoms with Gasteiger partial charge in [-0.05, 0) is 11.4 Å². The molecule has 17 heavy (non-hydrogen) atoms. The molecule has 0 unspecified atom stereocenters. The quantitative estimate of drug-likeness (QED) is 0.819. The van der Waals surface area contributed by atoms with Crippen LogP contribution < -0.4 is 11.1 Å². The summed E-state index contributed by atoms with van der Waals surface area (Å²) in [4.78, 5) is 13.8. The molecule has 0 radical (unpaired) electrons. The average molecular weight is 250 g/mol. The van der Waals surface area contributed by atoms with Crippen molar-refractivity contribution in [2.24, 2.45) is 5.73 Å². The van der Waals surface area contributed by atoms with Gasteiger partial charge in [-0.15, -0.1) is 11.3 Å². The molecule has 1 amide bonds. The second-order valence-electron chi connectivity index (χ2n) is 4.09. The van der Waals surface area contributed by atoms with E-state index in [2.05, 4.69) is 10.2 Å². The Labute approximate surface area is 104 Å². The summed E-state index contributed by atoms with van der Waals surface area (Å²) in [6.45, 7) is 2.47. The molecule has 0 aromatic carbocycles. The molecule has 0 aliphatic carbocycles. The maximum absolute atomic E-state index is 11.6. The van der Waals surface area contributed by atoms with Gasteiger partial charge in [0.2, 0.25) is 5.91 Å². The maximum atomic E-state index is 11.6. The molecule has 1 aliphatic heterocycles. The van der Waals surface area contributed by atoms with Crippen LogP contribution in [0.4, 0.5) is 5.00 Å². The summed E-state index contributed by atoms with van der Waals surface area (Å²) in [5.74, 6) is -0.0515. The van der Waals surface area contributed by atoms with Crippen LogP contribution in [0.15, 0.2) is 11.4 Å². The largest absolute Gasteiger partial charge is 0.325 e. The van der Waals surface area contributed by atoms with Crippen LogP contribution >= 0.6 is 11.3 Å². The van der Waals surface area contributed by atoms with Gasteiger partial charge in [-0.2, -0.15) is 5.26 Å². The maximum Gasteiger partial charge on any atom is 0.226 e. The van der Waals surface area contributed by atoms with Gasteiger partial charge in [-0.25, -0.2) is 0 Å². The van der Waals surface area contributed by atoms with Gasteiger partial charge < -0.3 is 11.1 Å². The molecule has 90 valence electrons. The molecule has 2 heterocycles. The van der Waals surface area contributed by atoms with Crippen LogP contribution in [0.3, 0.4) is 0 Å². The third kappa shape index (κ3) is 3.03. The van der Waals surface area contributed by atoms with Crippen molar-refractivity contribution in [3.05, 3.63) is 17.0 Å². The van der Waals surface area contributed by atoms with Crippen LogP contribution in [0.2, 0.25) is 0 Å². The fourth-order valence-electron chi connectivity index (χ4n) is 1.74. The lowest BCUT2D eigenvalue weighted by Crippen LogP contribution is -2.56. The number of nitrogens with two attached hydrogens (primary N) is 1. The third-order valence-electron chi connectivity index (χ3n) is 2.68. The first-order chi connectivity index (χ1) is 8.19. The zero-order valence-electron chi connectivity index (χ0n) is 9.35. The van der Waals surface area contributed by atoms with E-state index in [-0.39, 0.29) is 11.9 Å². The molecule has 1 saturated heterocycles. The number of hydrogen-bond acceptors (Lipinski definition) is 5. The number of anilines is 1. The predicted molar refractivity (Wildman–Crippen MR) is 66.7 cm³/mol. The van der Waals surface area contributed by atoms with Crippen molar-refractivity contribution in [1.29, 1.82) is 5.26 Å². The summed E-state index contributed by atoms with van der Waals surface area (Å²) in [5, 5.41) is 14.0. The summed E-state index contributed by atoms with van der Waals surface area (Å²) in [5.41, 5.74) is 6.17. The van der Waals surface area contributed by atoms with Crippen LogP contribution in [0.5, 0.6) is 0 Å². The van der Waals surface area contributed by atoms with Crippen molar-refractivity contribution in [3.63, 3.8) is 0 Å². The lowest BCUT2D eigenvalue weighted by atomic mass is 10.1. The summed E-state index contributed by atoms with van der Waals surface area (Å²) >= 11 is 1.37. The van der Waals surface area contributed by atoms with E-state index in [9.17, 15) is 4.79 Å². The standard InChI is InChI=1S/C11H14N4OS/c12-5-8-2-4-17-11(8)14-10(16)1-3-15-6-9(13)7-15/h2,4,9H,1,3,6-7,13H2,(H,14,16). The monoisotopic (exact) mass is 250 g/mol. The van der Waals surface area contributed by atoms with Crippen LogP contribution in [0.1, 0.15) is 12.0 Å². The second kappa shape index (κ2) is 5.27. The molecule has 5 nitrogen and oxygen atoms in total. The Morgan fingerprint density at radius 1 is 1.71 bits per heavy atom. The highest BCUT2D eigenvalue weighted by atomic mass is 32.1. The van der Waals surface area contributed by atoms with Crippen LogP contribution in [0, 0.1) is 11.3 Å². The van der Waals surface area contributed by atoms with Crippen molar-refractivity contribution >= 4 is 22.2 Å². The zero-order valence-corrected chi connectivity index (χ0v) is 10.2. The second-order valence-corrected chi connectivity index (χ2v) is 5.01. The normalized spacial score (nSPS) is 16.2.